The molecule has 0 aliphatic carbocycles. The van der Waals surface area contributed by atoms with Gasteiger partial charge >= 0.3 is 0 Å². The third-order valence-electron chi connectivity index (χ3n) is 3.01. The zero-order valence-corrected chi connectivity index (χ0v) is 11.2. The van der Waals surface area contributed by atoms with Gasteiger partial charge in [-0.05, 0) is 24.3 Å². The van der Waals surface area contributed by atoms with Gasteiger partial charge in [0.05, 0.1) is 21.3 Å². The van der Waals surface area contributed by atoms with Crippen molar-refractivity contribution >= 4 is 27.2 Å². The third kappa shape index (κ3) is 2.33. The maximum absolute atomic E-state index is 13.9. The molecule has 1 heterocycles. The summed E-state index contributed by atoms with van der Waals surface area (Å²) in [5.74, 6) is -0.457. The number of anilines is 1. The van der Waals surface area contributed by atoms with Crippen molar-refractivity contribution in [2.24, 2.45) is 0 Å². The van der Waals surface area contributed by atoms with E-state index < -0.39 is 5.82 Å². The van der Waals surface area contributed by atoms with E-state index in [-0.39, 0.29) is 5.56 Å². The molecule has 0 saturated carbocycles. The fraction of sp³-hybridized carbons (Fsp3) is 0.0667. The Morgan fingerprint density at radius 3 is 3.05 bits per heavy atom. The van der Waals surface area contributed by atoms with Gasteiger partial charge in [0, 0.05) is 17.8 Å². The molecule has 0 aliphatic rings. The summed E-state index contributed by atoms with van der Waals surface area (Å²) < 4.78 is 15.0. The largest absolute Gasteiger partial charge is 0.381 e. The molecule has 3 rings (SSSR count). The van der Waals surface area contributed by atoms with E-state index >= 15 is 0 Å². The van der Waals surface area contributed by atoms with Crippen molar-refractivity contribution in [3.05, 3.63) is 58.9 Å². The minimum absolute atomic E-state index is 0.0715. The number of fused-ring (bicyclic) bond motifs is 1. The van der Waals surface area contributed by atoms with E-state index in [1.807, 2.05) is 24.3 Å². The van der Waals surface area contributed by atoms with Gasteiger partial charge in [-0.2, -0.15) is 5.26 Å². The molecule has 0 aliphatic heterocycles. The molecule has 3 aromatic rings. The van der Waals surface area contributed by atoms with E-state index in [1.54, 1.807) is 29.0 Å². The van der Waals surface area contributed by atoms with Crippen LogP contribution in [0.2, 0.25) is 0 Å². The molecule has 0 radical (unpaired) electrons. The number of nitrogens with one attached hydrogen (secondary N) is 1. The molecular weight excluding hydrogens is 273 g/mol. The fourth-order valence-corrected chi connectivity index (χ4v) is 2.68. The Morgan fingerprint density at radius 2 is 2.20 bits per heavy atom. The molecule has 0 amide bonds. The van der Waals surface area contributed by atoms with Crippen LogP contribution in [0.25, 0.3) is 10.2 Å². The predicted octanol–water partition coefficient (Wildman–Crippen LogP) is 3.92. The van der Waals surface area contributed by atoms with Crippen LogP contribution in [0, 0.1) is 17.1 Å². The van der Waals surface area contributed by atoms with Crippen LogP contribution in [0.15, 0.2) is 41.9 Å². The zero-order valence-electron chi connectivity index (χ0n) is 10.4. The lowest BCUT2D eigenvalue weighted by molar-refractivity contribution is 0.609. The van der Waals surface area contributed by atoms with Gasteiger partial charge < -0.3 is 5.32 Å². The molecule has 0 bridgehead atoms. The highest BCUT2D eigenvalue weighted by molar-refractivity contribution is 7.16. The Morgan fingerprint density at radius 1 is 1.30 bits per heavy atom. The first-order valence-electron chi connectivity index (χ1n) is 6.02. The number of hydrogen-bond acceptors (Lipinski definition) is 4. The minimum atomic E-state index is -0.457. The Kier molecular flexibility index (Phi) is 3.32. The minimum Gasteiger partial charge on any atom is -0.381 e. The molecule has 2 aromatic carbocycles. The highest BCUT2D eigenvalue weighted by Gasteiger charge is 2.07. The summed E-state index contributed by atoms with van der Waals surface area (Å²) >= 11 is 1.56. The van der Waals surface area contributed by atoms with Crippen molar-refractivity contribution in [1.82, 2.24) is 4.98 Å². The molecule has 1 aromatic heterocycles. The number of nitriles is 1. The molecule has 3 nitrogen and oxygen atoms in total. The summed E-state index contributed by atoms with van der Waals surface area (Å²) in [6.07, 6.45) is 0. The predicted molar refractivity (Wildman–Crippen MR) is 78.1 cm³/mol. The number of benzene rings is 2. The quantitative estimate of drug-likeness (QED) is 0.792. The molecule has 0 fully saturated rings. The van der Waals surface area contributed by atoms with E-state index in [2.05, 4.69) is 10.3 Å². The third-order valence-corrected chi connectivity index (χ3v) is 3.81. The van der Waals surface area contributed by atoms with Crippen molar-refractivity contribution in [3.63, 3.8) is 0 Å². The van der Waals surface area contributed by atoms with Crippen LogP contribution < -0.4 is 5.32 Å². The van der Waals surface area contributed by atoms with E-state index in [4.69, 9.17) is 5.26 Å². The lowest BCUT2D eigenvalue weighted by Crippen LogP contribution is -2.02. The highest BCUT2D eigenvalue weighted by Crippen LogP contribution is 2.22. The topological polar surface area (TPSA) is 48.7 Å². The number of thiazole rings is 1. The summed E-state index contributed by atoms with van der Waals surface area (Å²) in [7, 11) is 0. The molecular formula is C15H10FN3S. The van der Waals surface area contributed by atoms with Crippen LogP contribution in [-0.2, 0) is 6.54 Å². The van der Waals surface area contributed by atoms with Crippen LogP contribution in [0.5, 0.6) is 0 Å². The molecule has 5 heteroatoms. The Hall–Kier alpha value is -2.45. The van der Waals surface area contributed by atoms with Crippen LogP contribution >= 0.6 is 11.3 Å². The SMILES string of the molecule is N#Cc1cccc(CNc2ccc3ncsc3c2)c1F. The van der Waals surface area contributed by atoms with Crippen molar-refractivity contribution in [2.45, 2.75) is 6.54 Å². The van der Waals surface area contributed by atoms with Gasteiger partial charge in [-0.3, -0.25) is 0 Å². The lowest BCUT2D eigenvalue weighted by atomic mass is 10.1. The second-order valence-corrected chi connectivity index (χ2v) is 5.17. The molecule has 0 unspecified atom stereocenters. The normalized spacial score (nSPS) is 10.4. The first-order chi connectivity index (χ1) is 9.78. The number of hydrogen-bond donors (Lipinski definition) is 1. The zero-order chi connectivity index (χ0) is 13.9. The molecule has 98 valence electrons. The van der Waals surface area contributed by atoms with E-state index in [0.29, 0.717) is 12.1 Å². The average Bonchev–Trinajstić information content (AvgIpc) is 2.93. The second kappa shape index (κ2) is 5.27. The monoisotopic (exact) mass is 283 g/mol. The first kappa shape index (κ1) is 12.6. The maximum atomic E-state index is 13.9. The van der Waals surface area contributed by atoms with E-state index in [1.165, 1.54) is 6.07 Å². The number of nitrogens with zero attached hydrogens (tertiary/aromatic N) is 2. The molecule has 0 saturated heterocycles. The van der Waals surface area contributed by atoms with Gasteiger partial charge in [-0.25, -0.2) is 9.37 Å². The van der Waals surface area contributed by atoms with Gasteiger partial charge in [-0.15, -0.1) is 11.3 Å². The highest BCUT2D eigenvalue weighted by atomic mass is 32.1. The van der Waals surface area contributed by atoms with Crippen LogP contribution in [0.3, 0.4) is 0 Å². The van der Waals surface area contributed by atoms with Crippen LogP contribution in [0.4, 0.5) is 10.1 Å². The molecule has 20 heavy (non-hydrogen) atoms. The van der Waals surface area contributed by atoms with Gasteiger partial charge in [0.2, 0.25) is 0 Å². The van der Waals surface area contributed by atoms with E-state index in [9.17, 15) is 4.39 Å². The Labute approximate surface area is 119 Å². The van der Waals surface area contributed by atoms with Gasteiger partial charge in [-0.1, -0.05) is 12.1 Å². The Bertz CT molecular complexity index is 804. The van der Waals surface area contributed by atoms with Crippen molar-refractivity contribution in [3.8, 4) is 6.07 Å². The summed E-state index contributed by atoms with van der Waals surface area (Å²) in [5, 5.41) is 12.0. The molecule has 0 atom stereocenters. The number of rotatable bonds is 3. The Balaban J connectivity index is 1.81. The second-order valence-electron chi connectivity index (χ2n) is 4.28. The lowest BCUT2D eigenvalue weighted by Gasteiger charge is -2.08. The van der Waals surface area contributed by atoms with Crippen molar-refractivity contribution < 1.29 is 4.39 Å². The standard InChI is InChI=1S/C15H10FN3S/c16-15-10(7-17)2-1-3-11(15)8-18-12-4-5-13-14(6-12)20-9-19-13/h1-6,9,18H,8H2. The molecule has 0 spiro atoms. The van der Waals surface area contributed by atoms with Gasteiger partial charge in [0.25, 0.3) is 0 Å². The average molecular weight is 283 g/mol. The number of aromatic nitrogens is 1. The summed E-state index contributed by atoms with van der Waals surface area (Å²) in [6, 6.07) is 12.5. The van der Waals surface area contributed by atoms with Crippen LogP contribution in [-0.4, -0.2) is 4.98 Å². The van der Waals surface area contributed by atoms with Gasteiger partial charge in [0.15, 0.2) is 0 Å². The summed E-state index contributed by atoms with van der Waals surface area (Å²) in [5.41, 5.74) is 4.21. The van der Waals surface area contributed by atoms with Crippen molar-refractivity contribution in [1.29, 1.82) is 5.26 Å². The first-order valence-corrected chi connectivity index (χ1v) is 6.90. The molecule has 1 N–H and O–H groups in total. The fourth-order valence-electron chi connectivity index (χ4n) is 1.97. The maximum Gasteiger partial charge on any atom is 0.145 e. The van der Waals surface area contributed by atoms with E-state index in [0.717, 1.165) is 15.9 Å². The van der Waals surface area contributed by atoms with Gasteiger partial charge in [0.1, 0.15) is 11.9 Å². The van der Waals surface area contributed by atoms with Crippen LogP contribution in [0.1, 0.15) is 11.1 Å². The smallest absolute Gasteiger partial charge is 0.145 e. The summed E-state index contributed by atoms with van der Waals surface area (Å²) in [4.78, 5) is 4.21. The summed E-state index contributed by atoms with van der Waals surface area (Å²) in [6.45, 7) is 0.339. The van der Waals surface area contributed by atoms with Crippen molar-refractivity contribution in [2.75, 3.05) is 5.32 Å². The number of halogens is 1.